The van der Waals surface area contributed by atoms with Crippen LogP contribution in [0.15, 0.2) is 41.2 Å². The van der Waals surface area contributed by atoms with E-state index in [9.17, 15) is 22.0 Å². The third kappa shape index (κ3) is 4.91. The Balaban J connectivity index is 2.33. The van der Waals surface area contributed by atoms with Gasteiger partial charge in [0.25, 0.3) is 6.43 Å². The van der Waals surface area contributed by atoms with E-state index < -0.39 is 40.3 Å². The molecule has 1 aromatic heterocycles. The van der Waals surface area contributed by atoms with Gasteiger partial charge in [0.1, 0.15) is 9.84 Å². The van der Waals surface area contributed by atoms with Crippen molar-refractivity contribution in [3.63, 3.8) is 0 Å². The Kier molecular flexibility index (Phi) is 7.14. The van der Waals surface area contributed by atoms with Crippen molar-refractivity contribution < 1.29 is 26.7 Å². The number of benzene rings is 2. The maximum Gasteiger partial charge on any atom is 0.329 e. The summed E-state index contributed by atoms with van der Waals surface area (Å²) in [7, 11) is -2.12. The third-order valence-corrected chi connectivity index (χ3v) is 6.12. The van der Waals surface area contributed by atoms with E-state index in [-0.39, 0.29) is 16.1 Å². The van der Waals surface area contributed by atoms with E-state index >= 15 is 0 Å². The number of rotatable bonds is 9. The van der Waals surface area contributed by atoms with Crippen LogP contribution in [0.1, 0.15) is 18.5 Å². The second-order valence-corrected chi connectivity index (χ2v) is 9.81. The molecule has 0 amide bonds. The lowest BCUT2D eigenvalue weighted by atomic mass is 10.1. The Labute approximate surface area is 189 Å². The molecular weight excluding hydrogens is 466 g/mol. The highest BCUT2D eigenvalue weighted by molar-refractivity contribution is 7.90. The zero-order valence-corrected chi connectivity index (χ0v) is 19.3. The molecule has 0 saturated heterocycles. The first kappa shape index (κ1) is 24.1. The SMILES string of the molecule is CCOc1cc(C(CS(C)(=O)=O)n2c(=O)n(CC(F)F)c3c(Cl)cccc32)ccc1OC. The third-order valence-electron chi connectivity index (χ3n) is 4.90. The molecule has 0 N–H and O–H groups in total. The molecule has 0 aliphatic heterocycles. The van der Waals surface area contributed by atoms with Crippen molar-refractivity contribution >= 4 is 32.5 Å². The molecule has 1 heterocycles. The van der Waals surface area contributed by atoms with Crippen LogP contribution in [0.25, 0.3) is 11.0 Å². The molecule has 1 unspecified atom stereocenters. The average molecular weight is 489 g/mol. The van der Waals surface area contributed by atoms with Crippen LogP contribution in [0.4, 0.5) is 8.78 Å². The van der Waals surface area contributed by atoms with Crippen LogP contribution in [-0.4, -0.2) is 49.7 Å². The summed E-state index contributed by atoms with van der Waals surface area (Å²) in [4.78, 5) is 13.3. The molecule has 7 nitrogen and oxygen atoms in total. The van der Waals surface area contributed by atoms with E-state index in [1.54, 1.807) is 37.3 Å². The van der Waals surface area contributed by atoms with Crippen LogP contribution >= 0.6 is 11.6 Å². The number of aromatic nitrogens is 2. The minimum atomic E-state index is -3.59. The number of methoxy groups -OCH3 is 1. The van der Waals surface area contributed by atoms with Gasteiger partial charge in [-0.1, -0.05) is 23.7 Å². The van der Waals surface area contributed by atoms with Gasteiger partial charge in [-0.05, 0) is 36.8 Å². The van der Waals surface area contributed by atoms with E-state index in [2.05, 4.69) is 0 Å². The Morgan fingerprint density at radius 1 is 1.16 bits per heavy atom. The van der Waals surface area contributed by atoms with Gasteiger partial charge >= 0.3 is 5.69 Å². The summed E-state index contributed by atoms with van der Waals surface area (Å²) in [5.74, 6) is 0.364. The lowest BCUT2D eigenvalue weighted by Crippen LogP contribution is -2.32. The molecule has 0 radical (unpaired) electrons. The number of hydrogen-bond acceptors (Lipinski definition) is 5. The molecule has 0 saturated carbocycles. The van der Waals surface area contributed by atoms with Crippen molar-refractivity contribution in [1.82, 2.24) is 9.13 Å². The number of alkyl halides is 2. The fourth-order valence-electron chi connectivity index (χ4n) is 3.68. The van der Waals surface area contributed by atoms with E-state index in [1.165, 1.54) is 17.7 Å². The molecule has 0 aliphatic carbocycles. The Morgan fingerprint density at radius 3 is 2.47 bits per heavy atom. The quantitative estimate of drug-likeness (QED) is 0.458. The van der Waals surface area contributed by atoms with Crippen molar-refractivity contribution in [3.05, 3.63) is 57.5 Å². The lowest BCUT2D eigenvalue weighted by molar-refractivity contribution is 0.126. The number of nitrogens with zero attached hydrogens (tertiary/aromatic N) is 2. The standard InChI is InChI=1S/C21H23ClF2N2O5S/c1-4-31-18-10-13(8-9-17(18)30-2)16(12-32(3,28)29)26-15-7-5-6-14(22)20(15)25(21(26)27)11-19(23)24/h5-10,16,19H,4,11-12H2,1-3H3. The highest BCUT2D eigenvalue weighted by Crippen LogP contribution is 2.34. The summed E-state index contributed by atoms with van der Waals surface area (Å²) < 4.78 is 64.0. The van der Waals surface area contributed by atoms with Gasteiger partial charge in [0.2, 0.25) is 0 Å². The van der Waals surface area contributed by atoms with Gasteiger partial charge < -0.3 is 9.47 Å². The molecule has 174 valence electrons. The number of para-hydroxylation sites is 1. The van der Waals surface area contributed by atoms with Gasteiger partial charge in [-0.2, -0.15) is 0 Å². The first-order valence-electron chi connectivity index (χ1n) is 9.73. The summed E-state index contributed by atoms with van der Waals surface area (Å²) in [6.07, 6.45) is -1.76. The number of sulfone groups is 1. The largest absolute Gasteiger partial charge is 0.493 e. The Bertz CT molecular complexity index is 1290. The molecule has 1 atom stereocenters. The minimum absolute atomic E-state index is 0.113. The zero-order chi connectivity index (χ0) is 23.6. The van der Waals surface area contributed by atoms with Crippen LogP contribution in [-0.2, 0) is 16.4 Å². The molecule has 3 aromatic rings. The summed E-state index contributed by atoms with van der Waals surface area (Å²) >= 11 is 6.25. The van der Waals surface area contributed by atoms with Gasteiger partial charge in [-0.25, -0.2) is 22.0 Å². The van der Waals surface area contributed by atoms with Crippen LogP contribution < -0.4 is 15.2 Å². The van der Waals surface area contributed by atoms with Gasteiger partial charge in [0.15, 0.2) is 11.5 Å². The first-order valence-corrected chi connectivity index (χ1v) is 12.2. The Hall–Kier alpha value is -2.59. The van der Waals surface area contributed by atoms with Gasteiger partial charge in [0.05, 0.1) is 48.1 Å². The van der Waals surface area contributed by atoms with E-state index in [1.807, 2.05) is 0 Å². The predicted octanol–water partition coefficient (Wildman–Crippen LogP) is 3.76. The summed E-state index contributed by atoms with van der Waals surface area (Å²) in [6.45, 7) is 1.24. The number of hydrogen-bond donors (Lipinski definition) is 0. The van der Waals surface area contributed by atoms with Gasteiger partial charge in [0, 0.05) is 6.26 Å². The highest BCUT2D eigenvalue weighted by Gasteiger charge is 2.28. The number of halogens is 3. The fraction of sp³-hybridized carbons (Fsp3) is 0.381. The summed E-state index contributed by atoms with van der Waals surface area (Å²) in [5.41, 5.74) is 0.0377. The van der Waals surface area contributed by atoms with Gasteiger partial charge in [-0.3, -0.25) is 9.13 Å². The fourth-order valence-corrected chi connectivity index (χ4v) is 4.86. The average Bonchev–Trinajstić information content (AvgIpc) is 2.98. The molecule has 3 rings (SSSR count). The predicted molar refractivity (Wildman–Crippen MR) is 119 cm³/mol. The van der Waals surface area contributed by atoms with E-state index in [0.717, 1.165) is 10.8 Å². The van der Waals surface area contributed by atoms with Crippen LogP contribution in [0.5, 0.6) is 11.5 Å². The maximum atomic E-state index is 13.3. The minimum Gasteiger partial charge on any atom is -0.493 e. The van der Waals surface area contributed by atoms with E-state index in [0.29, 0.717) is 23.7 Å². The van der Waals surface area contributed by atoms with Crippen molar-refractivity contribution in [2.45, 2.75) is 25.9 Å². The maximum absolute atomic E-state index is 13.3. The Morgan fingerprint density at radius 2 is 1.88 bits per heavy atom. The molecule has 0 spiro atoms. The molecule has 11 heteroatoms. The van der Waals surface area contributed by atoms with Crippen molar-refractivity contribution in [3.8, 4) is 11.5 Å². The highest BCUT2D eigenvalue weighted by atomic mass is 35.5. The van der Waals surface area contributed by atoms with Gasteiger partial charge in [-0.15, -0.1) is 0 Å². The molecule has 0 fully saturated rings. The molecular formula is C21H23ClF2N2O5S. The van der Waals surface area contributed by atoms with Crippen molar-refractivity contribution in [1.29, 1.82) is 0 Å². The van der Waals surface area contributed by atoms with Crippen molar-refractivity contribution in [2.75, 3.05) is 25.7 Å². The first-order chi connectivity index (χ1) is 15.1. The molecule has 32 heavy (non-hydrogen) atoms. The molecule has 0 bridgehead atoms. The second kappa shape index (κ2) is 9.50. The van der Waals surface area contributed by atoms with E-state index in [4.69, 9.17) is 21.1 Å². The summed E-state index contributed by atoms with van der Waals surface area (Å²) in [5, 5.41) is 0.113. The normalized spacial score (nSPS) is 13.0. The molecule has 0 aliphatic rings. The topological polar surface area (TPSA) is 79.5 Å². The summed E-state index contributed by atoms with van der Waals surface area (Å²) in [6, 6.07) is 8.41. The van der Waals surface area contributed by atoms with Crippen LogP contribution in [0.2, 0.25) is 5.02 Å². The van der Waals surface area contributed by atoms with Crippen LogP contribution in [0.3, 0.4) is 0 Å². The van der Waals surface area contributed by atoms with Crippen LogP contribution in [0, 0.1) is 0 Å². The smallest absolute Gasteiger partial charge is 0.329 e. The second-order valence-electron chi connectivity index (χ2n) is 7.21. The van der Waals surface area contributed by atoms with Crippen molar-refractivity contribution in [2.24, 2.45) is 0 Å². The lowest BCUT2D eigenvalue weighted by Gasteiger charge is -2.20. The number of ether oxygens (including phenoxy) is 2. The molecule has 2 aromatic carbocycles. The monoisotopic (exact) mass is 488 g/mol. The zero-order valence-electron chi connectivity index (χ0n) is 17.7. The number of imidazole rings is 1. The number of fused-ring (bicyclic) bond motifs is 1.